The number of carbonyl (C=O) groups is 1. The van der Waals surface area contributed by atoms with Crippen molar-refractivity contribution in [1.82, 2.24) is 14.7 Å². The van der Waals surface area contributed by atoms with Gasteiger partial charge in [-0.05, 0) is 45.4 Å². The number of hydrogen-bond acceptors (Lipinski definition) is 3. The Morgan fingerprint density at radius 1 is 1.43 bits per heavy atom. The molecular weight excluding hydrogens is 266 g/mol. The van der Waals surface area contributed by atoms with E-state index in [1.807, 2.05) is 4.68 Å². The van der Waals surface area contributed by atoms with Gasteiger partial charge >= 0.3 is 0 Å². The molecule has 2 aliphatic carbocycles. The number of aliphatic hydroxyl groups excluding tert-OH is 1. The lowest BCUT2D eigenvalue weighted by Crippen LogP contribution is -2.35. The number of carbonyl (C=O) groups excluding carboxylic acids is 1. The van der Waals surface area contributed by atoms with Crippen LogP contribution < -0.4 is 0 Å². The van der Waals surface area contributed by atoms with Gasteiger partial charge in [-0.15, -0.1) is 0 Å². The summed E-state index contributed by atoms with van der Waals surface area (Å²) in [7, 11) is 1.78. The topological polar surface area (TPSA) is 58.4 Å². The molecule has 5 nitrogen and oxygen atoms in total. The molecule has 1 heterocycles. The standard InChI is InChI=1S/C16H25N3O2/c1-10(2)19-15(12-6-7-12)13(8-17-19)16(21)18(3)9-14(20)11-4-5-11/h8,10-12,14,20H,4-7,9H2,1-3H3. The van der Waals surface area contributed by atoms with E-state index in [0.29, 0.717) is 18.4 Å². The Morgan fingerprint density at radius 2 is 2.10 bits per heavy atom. The number of aromatic nitrogens is 2. The Balaban J connectivity index is 1.77. The molecule has 2 aliphatic rings. The Kier molecular flexibility index (Phi) is 3.78. The average molecular weight is 291 g/mol. The summed E-state index contributed by atoms with van der Waals surface area (Å²) in [5.74, 6) is 0.862. The predicted molar refractivity (Wildman–Crippen MR) is 80.3 cm³/mol. The van der Waals surface area contributed by atoms with E-state index < -0.39 is 0 Å². The van der Waals surface area contributed by atoms with Gasteiger partial charge in [0.15, 0.2) is 0 Å². The molecule has 0 radical (unpaired) electrons. The predicted octanol–water partition coefficient (Wildman–Crippen LogP) is 2.18. The number of hydrogen-bond donors (Lipinski definition) is 1. The summed E-state index contributed by atoms with van der Waals surface area (Å²) < 4.78 is 1.98. The van der Waals surface area contributed by atoms with Crippen LogP contribution in [-0.4, -0.2) is 45.4 Å². The number of likely N-dealkylation sites (N-methyl/N-ethyl adjacent to an activating group) is 1. The monoisotopic (exact) mass is 291 g/mol. The quantitative estimate of drug-likeness (QED) is 0.874. The SMILES string of the molecule is CC(C)n1ncc(C(=O)N(C)CC(O)C2CC2)c1C1CC1. The van der Waals surface area contributed by atoms with E-state index in [1.54, 1.807) is 18.1 Å². The molecule has 2 saturated carbocycles. The van der Waals surface area contributed by atoms with E-state index in [2.05, 4.69) is 18.9 Å². The molecule has 116 valence electrons. The third-order valence-electron chi connectivity index (χ3n) is 4.49. The third kappa shape index (κ3) is 2.98. The van der Waals surface area contributed by atoms with Crippen molar-refractivity contribution in [3.63, 3.8) is 0 Å². The minimum atomic E-state index is -0.386. The van der Waals surface area contributed by atoms with Crippen LogP contribution in [0.2, 0.25) is 0 Å². The van der Waals surface area contributed by atoms with Crippen LogP contribution in [0.5, 0.6) is 0 Å². The molecule has 21 heavy (non-hydrogen) atoms. The van der Waals surface area contributed by atoms with Crippen LogP contribution in [0.1, 0.15) is 67.5 Å². The lowest BCUT2D eigenvalue weighted by atomic mass is 10.1. The second-order valence-corrected chi connectivity index (χ2v) is 6.85. The molecule has 0 saturated heterocycles. The zero-order valence-electron chi connectivity index (χ0n) is 13.1. The van der Waals surface area contributed by atoms with Crippen LogP contribution in [0.25, 0.3) is 0 Å². The van der Waals surface area contributed by atoms with Gasteiger partial charge in [-0.1, -0.05) is 0 Å². The number of rotatable bonds is 6. The minimum absolute atomic E-state index is 0.0106. The largest absolute Gasteiger partial charge is 0.391 e. The molecular formula is C16H25N3O2. The molecule has 0 bridgehead atoms. The van der Waals surface area contributed by atoms with Gasteiger partial charge in [0.1, 0.15) is 0 Å². The van der Waals surface area contributed by atoms with Crippen LogP contribution in [0, 0.1) is 5.92 Å². The van der Waals surface area contributed by atoms with Crippen molar-refractivity contribution in [1.29, 1.82) is 0 Å². The van der Waals surface area contributed by atoms with Gasteiger partial charge in [0.05, 0.1) is 23.6 Å². The fourth-order valence-electron chi connectivity index (χ4n) is 2.91. The van der Waals surface area contributed by atoms with Crippen molar-refractivity contribution in [2.75, 3.05) is 13.6 Å². The second-order valence-electron chi connectivity index (χ2n) is 6.85. The first-order chi connectivity index (χ1) is 9.99. The van der Waals surface area contributed by atoms with Crippen LogP contribution in [0.15, 0.2) is 6.20 Å². The third-order valence-corrected chi connectivity index (χ3v) is 4.49. The molecule has 1 atom stereocenters. The van der Waals surface area contributed by atoms with Crippen LogP contribution >= 0.6 is 0 Å². The zero-order valence-corrected chi connectivity index (χ0v) is 13.1. The molecule has 0 aromatic carbocycles. The summed E-state index contributed by atoms with van der Waals surface area (Å²) in [6.45, 7) is 4.60. The fraction of sp³-hybridized carbons (Fsp3) is 0.750. The lowest BCUT2D eigenvalue weighted by molar-refractivity contribution is 0.0644. The van der Waals surface area contributed by atoms with Crippen LogP contribution in [-0.2, 0) is 0 Å². The van der Waals surface area contributed by atoms with Crippen molar-refractivity contribution < 1.29 is 9.90 Å². The average Bonchev–Trinajstić information content (AvgIpc) is 3.34. The van der Waals surface area contributed by atoms with E-state index in [4.69, 9.17) is 0 Å². The van der Waals surface area contributed by atoms with E-state index in [0.717, 1.165) is 36.9 Å². The molecule has 1 aromatic rings. The maximum absolute atomic E-state index is 12.7. The number of aliphatic hydroxyl groups is 1. The molecule has 0 spiro atoms. The van der Waals surface area contributed by atoms with Gasteiger partial charge in [-0.3, -0.25) is 9.48 Å². The first kappa shape index (κ1) is 14.6. The Bertz CT molecular complexity index is 530. The van der Waals surface area contributed by atoms with Crippen molar-refractivity contribution in [2.24, 2.45) is 5.92 Å². The second kappa shape index (κ2) is 5.44. The highest BCUT2D eigenvalue weighted by Gasteiger charge is 2.35. The van der Waals surface area contributed by atoms with Gasteiger partial charge in [0, 0.05) is 25.6 Å². The number of nitrogens with zero attached hydrogens (tertiary/aromatic N) is 3. The molecule has 2 fully saturated rings. The summed E-state index contributed by atoms with van der Waals surface area (Å²) in [4.78, 5) is 14.3. The molecule has 1 aromatic heterocycles. The molecule has 1 amide bonds. The number of amides is 1. The van der Waals surface area contributed by atoms with Crippen molar-refractivity contribution >= 4 is 5.91 Å². The summed E-state index contributed by atoms with van der Waals surface area (Å²) in [5.41, 5.74) is 1.81. The zero-order chi connectivity index (χ0) is 15.1. The maximum atomic E-state index is 12.7. The Morgan fingerprint density at radius 3 is 2.62 bits per heavy atom. The smallest absolute Gasteiger partial charge is 0.257 e. The van der Waals surface area contributed by atoms with E-state index >= 15 is 0 Å². The Labute approximate surface area is 125 Å². The van der Waals surface area contributed by atoms with E-state index in [1.165, 1.54) is 0 Å². The highest BCUT2D eigenvalue weighted by atomic mass is 16.3. The normalized spacial score (nSPS) is 19.9. The first-order valence-electron chi connectivity index (χ1n) is 8.00. The van der Waals surface area contributed by atoms with Crippen molar-refractivity contribution in [3.8, 4) is 0 Å². The highest BCUT2D eigenvalue weighted by Crippen LogP contribution is 2.42. The van der Waals surface area contributed by atoms with Gasteiger partial charge in [0.2, 0.25) is 0 Å². The molecule has 3 rings (SSSR count). The lowest BCUT2D eigenvalue weighted by Gasteiger charge is -2.21. The minimum Gasteiger partial charge on any atom is -0.391 e. The maximum Gasteiger partial charge on any atom is 0.257 e. The van der Waals surface area contributed by atoms with Gasteiger partial charge in [-0.2, -0.15) is 5.10 Å². The van der Waals surface area contributed by atoms with Crippen molar-refractivity contribution in [2.45, 2.75) is 57.6 Å². The Hall–Kier alpha value is -1.36. The summed E-state index contributed by atoms with van der Waals surface area (Å²) in [6.07, 6.45) is 5.78. The van der Waals surface area contributed by atoms with E-state index in [9.17, 15) is 9.90 Å². The van der Waals surface area contributed by atoms with Crippen LogP contribution in [0.3, 0.4) is 0 Å². The summed E-state index contributed by atoms with van der Waals surface area (Å²) in [6, 6.07) is 0.268. The van der Waals surface area contributed by atoms with Crippen molar-refractivity contribution in [3.05, 3.63) is 17.5 Å². The van der Waals surface area contributed by atoms with Gasteiger partial charge in [-0.25, -0.2) is 0 Å². The van der Waals surface area contributed by atoms with E-state index in [-0.39, 0.29) is 18.1 Å². The molecule has 1 unspecified atom stereocenters. The molecule has 0 aliphatic heterocycles. The summed E-state index contributed by atoms with van der Waals surface area (Å²) >= 11 is 0. The summed E-state index contributed by atoms with van der Waals surface area (Å²) in [5, 5.41) is 14.4. The first-order valence-corrected chi connectivity index (χ1v) is 8.00. The fourth-order valence-corrected chi connectivity index (χ4v) is 2.91. The van der Waals surface area contributed by atoms with Gasteiger partial charge < -0.3 is 10.0 Å². The highest BCUT2D eigenvalue weighted by molar-refractivity contribution is 5.95. The van der Waals surface area contributed by atoms with Gasteiger partial charge in [0.25, 0.3) is 5.91 Å². The molecule has 5 heteroatoms. The molecule has 1 N–H and O–H groups in total. The van der Waals surface area contributed by atoms with Crippen LogP contribution in [0.4, 0.5) is 0 Å².